The standard InChI is InChI=1S/C14H20N6/c1-20-14(17-18-19-20)10-3-2-4-13(9-10)16-12-7-5-11(15)6-8-12/h2-4,9,11-12,16H,5-8,15H2,1H3. The fraction of sp³-hybridized carbons (Fsp3) is 0.500. The Labute approximate surface area is 118 Å². The number of nitrogens with two attached hydrogens (primary N) is 1. The van der Waals surface area contributed by atoms with Crippen molar-refractivity contribution >= 4 is 5.69 Å². The van der Waals surface area contributed by atoms with Crippen molar-refractivity contribution in [1.82, 2.24) is 20.2 Å². The molecule has 6 nitrogen and oxygen atoms in total. The normalized spacial score (nSPS) is 22.7. The molecule has 0 amide bonds. The van der Waals surface area contributed by atoms with Crippen molar-refractivity contribution in [2.75, 3.05) is 5.32 Å². The van der Waals surface area contributed by atoms with Crippen LogP contribution in [-0.4, -0.2) is 32.3 Å². The minimum atomic E-state index is 0.379. The number of rotatable bonds is 3. The van der Waals surface area contributed by atoms with E-state index in [9.17, 15) is 0 Å². The van der Waals surface area contributed by atoms with Gasteiger partial charge in [0.1, 0.15) is 0 Å². The summed E-state index contributed by atoms with van der Waals surface area (Å²) in [7, 11) is 1.85. The van der Waals surface area contributed by atoms with Gasteiger partial charge in [-0.05, 0) is 48.2 Å². The zero-order valence-corrected chi connectivity index (χ0v) is 11.7. The molecule has 2 aromatic rings. The van der Waals surface area contributed by atoms with Crippen LogP contribution >= 0.6 is 0 Å². The van der Waals surface area contributed by atoms with E-state index in [1.165, 1.54) is 0 Å². The summed E-state index contributed by atoms with van der Waals surface area (Å²) in [6, 6.07) is 9.13. The van der Waals surface area contributed by atoms with Crippen LogP contribution in [-0.2, 0) is 7.05 Å². The number of aryl methyl sites for hydroxylation is 1. The predicted molar refractivity (Wildman–Crippen MR) is 78.1 cm³/mol. The van der Waals surface area contributed by atoms with E-state index in [0.29, 0.717) is 12.1 Å². The minimum Gasteiger partial charge on any atom is -0.382 e. The Kier molecular flexibility index (Phi) is 3.64. The van der Waals surface area contributed by atoms with Gasteiger partial charge in [-0.1, -0.05) is 12.1 Å². The molecule has 0 bridgehead atoms. The predicted octanol–water partition coefficient (Wildman–Crippen LogP) is 1.56. The molecular formula is C14H20N6. The summed E-state index contributed by atoms with van der Waals surface area (Å²) in [4.78, 5) is 0. The van der Waals surface area contributed by atoms with Crippen molar-refractivity contribution in [3.63, 3.8) is 0 Å². The zero-order chi connectivity index (χ0) is 13.9. The molecule has 1 aliphatic carbocycles. The molecule has 1 aromatic heterocycles. The third-order valence-electron chi connectivity index (χ3n) is 3.88. The van der Waals surface area contributed by atoms with Gasteiger partial charge in [0.15, 0.2) is 5.82 Å². The molecule has 0 unspecified atom stereocenters. The molecule has 0 spiro atoms. The van der Waals surface area contributed by atoms with Crippen LogP contribution < -0.4 is 11.1 Å². The van der Waals surface area contributed by atoms with Crippen LogP contribution in [0, 0.1) is 0 Å². The third-order valence-corrected chi connectivity index (χ3v) is 3.88. The Balaban J connectivity index is 1.73. The number of nitrogens with one attached hydrogen (secondary N) is 1. The van der Waals surface area contributed by atoms with Crippen molar-refractivity contribution in [3.8, 4) is 11.4 Å². The molecule has 0 saturated heterocycles. The molecule has 6 heteroatoms. The molecule has 3 N–H and O–H groups in total. The second-order valence-electron chi connectivity index (χ2n) is 5.46. The van der Waals surface area contributed by atoms with Gasteiger partial charge in [0.05, 0.1) is 0 Å². The van der Waals surface area contributed by atoms with Crippen LogP contribution in [0.3, 0.4) is 0 Å². The molecule has 1 saturated carbocycles. The maximum atomic E-state index is 5.94. The monoisotopic (exact) mass is 272 g/mol. The third kappa shape index (κ3) is 2.80. The largest absolute Gasteiger partial charge is 0.382 e. The number of hydrogen-bond acceptors (Lipinski definition) is 5. The van der Waals surface area contributed by atoms with Gasteiger partial charge in [-0.15, -0.1) is 5.10 Å². The molecule has 1 aromatic carbocycles. The molecule has 106 valence electrons. The highest BCUT2D eigenvalue weighted by molar-refractivity contribution is 5.62. The van der Waals surface area contributed by atoms with Gasteiger partial charge < -0.3 is 11.1 Å². The highest BCUT2D eigenvalue weighted by Crippen LogP contribution is 2.24. The van der Waals surface area contributed by atoms with E-state index in [1.807, 2.05) is 19.2 Å². The van der Waals surface area contributed by atoms with E-state index in [4.69, 9.17) is 5.73 Å². The summed E-state index contributed by atoms with van der Waals surface area (Å²) >= 11 is 0. The molecule has 1 fully saturated rings. The molecule has 0 radical (unpaired) electrons. The van der Waals surface area contributed by atoms with Gasteiger partial charge in [-0.3, -0.25) is 0 Å². The van der Waals surface area contributed by atoms with E-state index in [1.54, 1.807) is 4.68 Å². The van der Waals surface area contributed by atoms with Crippen LogP contribution in [0.4, 0.5) is 5.69 Å². The number of hydrogen-bond donors (Lipinski definition) is 2. The van der Waals surface area contributed by atoms with Crippen LogP contribution in [0.15, 0.2) is 24.3 Å². The smallest absolute Gasteiger partial charge is 0.181 e. The van der Waals surface area contributed by atoms with Gasteiger partial charge >= 0.3 is 0 Å². The SMILES string of the molecule is Cn1nnnc1-c1cccc(NC2CCC(N)CC2)c1. The molecule has 1 heterocycles. The van der Waals surface area contributed by atoms with E-state index < -0.39 is 0 Å². The van der Waals surface area contributed by atoms with Crippen LogP contribution in [0.1, 0.15) is 25.7 Å². The van der Waals surface area contributed by atoms with Crippen molar-refractivity contribution in [2.24, 2.45) is 12.8 Å². The highest BCUT2D eigenvalue weighted by Gasteiger charge is 2.18. The lowest BCUT2D eigenvalue weighted by molar-refractivity contribution is 0.411. The molecule has 3 rings (SSSR count). The maximum Gasteiger partial charge on any atom is 0.181 e. The second-order valence-corrected chi connectivity index (χ2v) is 5.46. The van der Waals surface area contributed by atoms with Crippen LogP contribution in [0.2, 0.25) is 0 Å². The second kappa shape index (κ2) is 5.58. The molecule has 20 heavy (non-hydrogen) atoms. The Morgan fingerprint density at radius 3 is 2.75 bits per heavy atom. The fourth-order valence-electron chi connectivity index (χ4n) is 2.72. The molecule has 0 aliphatic heterocycles. The van der Waals surface area contributed by atoms with Gasteiger partial charge in [0.2, 0.25) is 0 Å². The van der Waals surface area contributed by atoms with E-state index in [-0.39, 0.29) is 0 Å². The number of benzene rings is 1. The van der Waals surface area contributed by atoms with Crippen LogP contribution in [0.25, 0.3) is 11.4 Å². The Morgan fingerprint density at radius 1 is 1.25 bits per heavy atom. The Bertz CT molecular complexity index is 571. The first-order valence-electron chi connectivity index (χ1n) is 7.07. The molecule has 0 atom stereocenters. The van der Waals surface area contributed by atoms with E-state index in [2.05, 4.69) is 33.0 Å². The topological polar surface area (TPSA) is 81.7 Å². The summed E-state index contributed by atoms with van der Waals surface area (Å²) in [5.41, 5.74) is 8.08. The lowest BCUT2D eigenvalue weighted by atomic mass is 9.91. The summed E-state index contributed by atoms with van der Waals surface area (Å²) in [6.07, 6.45) is 4.48. The van der Waals surface area contributed by atoms with Crippen molar-refractivity contribution < 1.29 is 0 Å². The van der Waals surface area contributed by atoms with Gasteiger partial charge in [-0.2, -0.15) is 0 Å². The van der Waals surface area contributed by atoms with E-state index in [0.717, 1.165) is 42.8 Å². The van der Waals surface area contributed by atoms with Crippen molar-refractivity contribution in [2.45, 2.75) is 37.8 Å². The van der Waals surface area contributed by atoms with Gasteiger partial charge in [0.25, 0.3) is 0 Å². The average molecular weight is 272 g/mol. The number of tetrazole rings is 1. The lowest BCUT2D eigenvalue weighted by Crippen LogP contribution is -2.32. The molecular weight excluding hydrogens is 252 g/mol. The summed E-state index contributed by atoms with van der Waals surface area (Å²) in [6.45, 7) is 0. The van der Waals surface area contributed by atoms with Crippen LogP contribution in [0.5, 0.6) is 0 Å². The fourth-order valence-corrected chi connectivity index (χ4v) is 2.72. The summed E-state index contributed by atoms with van der Waals surface area (Å²) in [5.74, 6) is 0.777. The number of aromatic nitrogens is 4. The van der Waals surface area contributed by atoms with Gasteiger partial charge in [0, 0.05) is 30.4 Å². The number of nitrogens with zero attached hydrogens (tertiary/aromatic N) is 4. The number of anilines is 1. The Hall–Kier alpha value is -1.95. The minimum absolute atomic E-state index is 0.379. The lowest BCUT2D eigenvalue weighted by Gasteiger charge is -2.27. The van der Waals surface area contributed by atoms with Crippen molar-refractivity contribution in [1.29, 1.82) is 0 Å². The quantitative estimate of drug-likeness (QED) is 0.886. The Morgan fingerprint density at radius 2 is 2.05 bits per heavy atom. The molecule has 1 aliphatic rings. The summed E-state index contributed by atoms with van der Waals surface area (Å²) in [5, 5.41) is 15.2. The van der Waals surface area contributed by atoms with Gasteiger partial charge in [-0.25, -0.2) is 4.68 Å². The summed E-state index contributed by atoms with van der Waals surface area (Å²) < 4.78 is 1.68. The maximum absolute atomic E-state index is 5.94. The highest BCUT2D eigenvalue weighted by atomic mass is 15.5. The average Bonchev–Trinajstić information content (AvgIpc) is 2.88. The first-order chi connectivity index (χ1) is 9.72. The first-order valence-corrected chi connectivity index (χ1v) is 7.07. The first kappa shape index (κ1) is 13.1. The zero-order valence-electron chi connectivity index (χ0n) is 11.7. The van der Waals surface area contributed by atoms with E-state index >= 15 is 0 Å². The van der Waals surface area contributed by atoms with Crippen molar-refractivity contribution in [3.05, 3.63) is 24.3 Å².